The number of benzene rings is 2. The normalized spacial score (nSPS) is 15.1. The number of carbonyl (C=O) groups is 1. The molecule has 29 heavy (non-hydrogen) atoms. The van der Waals surface area contributed by atoms with E-state index >= 15 is 0 Å². The molecule has 0 bridgehead atoms. The lowest BCUT2D eigenvalue weighted by molar-refractivity contribution is 0.102. The zero-order valence-electron chi connectivity index (χ0n) is 16.6. The SMILES string of the molecule is CCOc1ccc(S(=O)(=O)N2CCCCC2)cc1NC(=O)c1ccc(C)c(F)c1. The molecule has 1 fully saturated rings. The fraction of sp³-hybridized carbons (Fsp3) is 0.381. The van der Waals surface area contributed by atoms with Crippen LogP contribution in [-0.2, 0) is 10.0 Å². The van der Waals surface area contributed by atoms with Crippen molar-refractivity contribution in [1.82, 2.24) is 4.31 Å². The molecule has 1 aliphatic heterocycles. The van der Waals surface area contributed by atoms with Crippen molar-refractivity contribution in [3.8, 4) is 5.75 Å². The number of sulfonamides is 1. The summed E-state index contributed by atoms with van der Waals surface area (Å²) in [6.07, 6.45) is 2.68. The van der Waals surface area contributed by atoms with Gasteiger partial charge in [0.2, 0.25) is 10.0 Å². The largest absolute Gasteiger partial charge is 0.492 e. The maximum atomic E-state index is 13.8. The van der Waals surface area contributed by atoms with E-state index in [1.807, 2.05) is 0 Å². The number of nitrogens with one attached hydrogen (secondary N) is 1. The topological polar surface area (TPSA) is 75.7 Å². The molecule has 0 spiro atoms. The van der Waals surface area contributed by atoms with Crippen LogP contribution in [0.1, 0.15) is 42.1 Å². The molecule has 0 aromatic heterocycles. The van der Waals surface area contributed by atoms with Gasteiger partial charge in [0, 0.05) is 18.7 Å². The molecule has 0 radical (unpaired) electrons. The van der Waals surface area contributed by atoms with Crippen LogP contribution in [0.5, 0.6) is 5.75 Å². The van der Waals surface area contributed by atoms with E-state index in [9.17, 15) is 17.6 Å². The lowest BCUT2D eigenvalue weighted by Crippen LogP contribution is -2.35. The van der Waals surface area contributed by atoms with Crippen LogP contribution in [0.2, 0.25) is 0 Å². The van der Waals surface area contributed by atoms with E-state index in [1.165, 1.54) is 34.6 Å². The van der Waals surface area contributed by atoms with Crippen molar-refractivity contribution in [2.45, 2.75) is 38.0 Å². The average Bonchev–Trinajstić information content (AvgIpc) is 2.72. The third kappa shape index (κ3) is 4.76. The van der Waals surface area contributed by atoms with Crippen molar-refractivity contribution in [2.75, 3.05) is 25.0 Å². The maximum absolute atomic E-state index is 13.8. The van der Waals surface area contributed by atoms with Gasteiger partial charge in [-0.05, 0) is 62.6 Å². The number of nitrogens with zero attached hydrogens (tertiary/aromatic N) is 1. The van der Waals surface area contributed by atoms with Crippen LogP contribution in [0.15, 0.2) is 41.3 Å². The molecule has 1 saturated heterocycles. The fourth-order valence-corrected chi connectivity index (χ4v) is 4.78. The molecule has 1 amide bonds. The predicted molar refractivity (Wildman–Crippen MR) is 109 cm³/mol. The van der Waals surface area contributed by atoms with Crippen LogP contribution >= 0.6 is 0 Å². The van der Waals surface area contributed by atoms with Crippen molar-refractivity contribution in [2.24, 2.45) is 0 Å². The lowest BCUT2D eigenvalue weighted by Gasteiger charge is -2.26. The highest BCUT2D eigenvalue weighted by Gasteiger charge is 2.27. The number of anilines is 1. The minimum atomic E-state index is -3.66. The predicted octanol–water partition coefficient (Wildman–Crippen LogP) is 3.96. The van der Waals surface area contributed by atoms with E-state index in [0.717, 1.165) is 25.3 Å². The minimum Gasteiger partial charge on any atom is -0.492 e. The van der Waals surface area contributed by atoms with Gasteiger partial charge in [-0.3, -0.25) is 4.79 Å². The Hall–Kier alpha value is -2.45. The molecule has 156 valence electrons. The Balaban J connectivity index is 1.92. The van der Waals surface area contributed by atoms with Crippen molar-refractivity contribution in [1.29, 1.82) is 0 Å². The molecule has 0 atom stereocenters. The molecule has 1 N–H and O–H groups in total. The van der Waals surface area contributed by atoms with Gasteiger partial charge in [0.25, 0.3) is 5.91 Å². The van der Waals surface area contributed by atoms with Crippen LogP contribution in [-0.4, -0.2) is 38.3 Å². The van der Waals surface area contributed by atoms with Crippen LogP contribution in [0, 0.1) is 12.7 Å². The summed E-state index contributed by atoms with van der Waals surface area (Å²) < 4.78 is 46.8. The van der Waals surface area contributed by atoms with E-state index < -0.39 is 21.7 Å². The molecule has 6 nitrogen and oxygen atoms in total. The first-order chi connectivity index (χ1) is 13.8. The number of ether oxygens (including phenoxy) is 1. The molecule has 0 saturated carbocycles. The Bertz CT molecular complexity index is 1000. The number of halogens is 1. The van der Waals surface area contributed by atoms with E-state index in [4.69, 9.17) is 4.74 Å². The fourth-order valence-electron chi connectivity index (χ4n) is 3.23. The first kappa shape index (κ1) is 21.3. The van der Waals surface area contributed by atoms with Gasteiger partial charge in [-0.15, -0.1) is 0 Å². The molecule has 1 heterocycles. The summed E-state index contributed by atoms with van der Waals surface area (Å²) in [6, 6.07) is 8.60. The van der Waals surface area contributed by atoms with Crippen LogP contribution in [0.25, 0.3) is 0 Å². The number of rotatable bonds is 6. The summed E-state index contributed by atoms with van der Waals surface area (Å²) in [5.74, 6) is -0.674. The van der Waals surface area contributed by atoms with Gasteiger partial charge in [-0.2, -0.15) is 4.31 Å². The van der Waals surface area contributed by atoms with Crippen molar-refractivity contribution < 1.29 is 22.3 Å². The van der Waals surface area contributed by atoms with Gasteiger partial charge in [0.15, 0.2) is 0 Å². The minimum absolute atomic E-state index is 0.0910. The van der Waals surface area contributed by atoms with Crippen molar-refractivity contribution in [3.63, 3.8) is 0 Å². The lowest BCUT2D eigenvalue weighted by atomic mass is 10.1. The second-order valence-corrected chi connectivity index (χ2v) is 8.91. The molecule has 3 rings (SSSR count). The summed E-state index contributed by atoms with van der Waals surface area (Å²) >= 11 is 0. The van der Waals surface area contributed by atoms with E-state index in [-0.39, 0.29) is 16.1 Å². The monoisotopic (exact) mass is 420 g/mol. The van der Waals surface area contributed by atoms with Gasteiger partial charge in [-0.1, -0.05) is 12.5 Å². The van der Waals surface area contributed by atoms with Gasteiger partial charge in [0.05, 0.1) is 17.2 Å². The second-order valence-electron chi connectivity index (χ2n) is 6.97. The molecule has 0 unspecified atom stereocenters. The Labute approximate surface area is 170 Å². The Morgan fingerprint density at radius 3 is 2.52 bits per heavy atom. The number of hydrogen-bond acceptors (Lipinski definition) is 4. The standard InChI is InChI=1S/C21H25FN2O4S/c1-3-28-20-10-9-17(29(26,27)24-11-5-4-6-12-24)14-19(20)23-21(25)16-8-7-15(2)18(22)13-16/h7-10,13-14H,3-6,11-12H2,1-2H3,(H,23,25). The number of piperidine rings is 1. The third-order valence-corrected chi connectivity index (χ3v) is 6.78. The van der Waals surface area contributed by atoms with Gasteiger partial charge in [-0.25, -0.2) is 12.8 Å². The summed E-state index contributed by atoms with van der Waals surface area (Å²) in [7, 11) is -3.66. The van der Waals surface area contributed by atoms with Crippen molar-refractivity contribution >= 4 is 21.6 Å². The van der Waals surface area contributed by atoms with Crippen LogP contribution < -0.4 is 10.1 Å². The van der Waals surface area contributed by atoms with Gasteiger partial charge in [0.1, 0.15) is 11.6 Å². The molecular weight excluding hydrogens is 395 g/mol. The first-order valence-corrected chi connectivity index (χ1v) is 11.1. The molecule has 1 aliphatic rings. The molecule has 8 heteroatoms. The number of aryl methyl sites for hydroxylation is 1. The second kappa shape index (κ2) is 8.92. The summed E-state index contributed by atoms with van der Waals surface area (Å²) in [5, 5.41) is 2.66. The number of hydrogen-bond donors (Lipinski definition) is 1. The van der Waals surface area contributed by atoms with E-state index in [2.05, 4.69) is 5.32 Å². The van der Waals surface area contributed by atoms with E-state index in [0.29, 0.717) is 31.0 Å². The summed E-state index contributed by atoms with van der Waals surface area (Å²) in [6.45, 7) is 4.72. The van der Waals surface area contributed by atoms with Crippen LogP contribution in [0.4, 0.5) is 10.1 Å². The first-order valence-electron chi connectivity index (χ1n) is 9.67. The zero-order valence-corrected chi connectivity index (χ0v) is 17.4. The Kier molecular flexibility index (Phi) is 6.54. The zero-order chi connectivity index (χ0) is 21.0. The summed E-state index contributed by atoms with van der Waals surface area (Å²) in [4.78, 5) is 12.7. The Morgan fingerprint density at radius 1 is 1.14 bits per heavy atom. The highest BCUT2D eigenvalue weighted by molar-refractivity contribution is 7.89. The van der Waals surface area contributed by atoms with Crippen molar-refractivity contribution in [3.05, 3.63) is 53.3 Å². The van der Waals surface area contributed by atoms with E-state index in [1.54, 1.807) is 13.8 Å². The maximum Gasteiger partial charge on any atom is 0.255 e. The number of amides is 1. The molecule has 2 aromatic carbocycles. The summed E-state index contributed by atoms with van der Waals surface area (Å²) in [5.41, 5.74) is 0.807. The smallest absolute Gasteiger partial charge is 0.255 e. The van der Waals surface area contributed by atoms with Crippen LogP contribution in [0.3, 0.4) is 0 Å². The molecule has 2 aromatic rings. The molecular formula is C21H25FN2O4S. The van der Waals surface area contributed by atoms with Gasteiger partial charge >= 0.3 is 0 Å². The highest BCUT2D eigenvalue weighted by atomic mass is 32.2. The Morgan fingerprint density at radius 2 is 1.86 bits per heavy atom. The third-order valence-electron chi connectivity index (χ3n) is 4.89. The quantitative estimate of drug-likeness (QED) is 0.768. The molecule has 0 aliphatic carbocycles. The highest BCUT2D eigenvalue weighted by Crippen LogP contribution is 2.30. The van der Waals surface area contributed by atoms with Gasteiger partial charge < -0.3 is 10.1 Å². The average molecular weight is 421 g/mol. The number of carbonyl (C=O) groups excluding carboxylic acids is 1.